The van der Waals surface area contributed by atoms with Gasteiger partial charge in [0.2, 0.25) is 5.91 Å². The molecule has 0 saturated carbocycles. The number of halogens is 1. The number of amides is 1. The van der Waals surface area contributed by atoms with Crippen molar-refractivity contribution in [2.24, 2.45) is 5.73 Å². The van der Waals surface area contributed by atoms with Crippen molar-refractivity contribution in [3.05, 3.63) is 35.9 Å². The summed E-state index contributed by atoms with van der Waals surface area (Å²) < 4.78 is 22.1. The van der Waals surface area contributed by atoms with Crippen molar-refractivity contribution in [1.29, 1.82) is 0 Å². The van der Waals surface area contributed by atoms with Gasteiger partial charge in [-0.25, -0.2) is 8.42 Å². The third kappa shape index (κ3) is 6.88. The largest absolute Gasteiger partial charge is 0.343 e. The summed E-state index contributed by atoms with van der Waals surface area (Å²) >= 11 is 0. The van der Waals surface area contributed by atoms with E-state index in [4.69, 9.17) is 5.73 Å². The maximum Gasteiger partial charge on any atom is 0.239 e. The number of rotatable bonds is 6. The van der Waals surface area contributed by atoms with Gasteiger partial charge in [0.1, 0.15) is 9.84 Å². The molecule has 114 valence electrons. The third-order valence-electron chi connectivity index (χ3n) is 2.79. The van der Waals surface area contributed by atoms with Crippen LogP contribution in [0.25, 0.3) is 0 Å². The van der Waals surface area contributed by atoms with Gasteiger partial charge in [0.25, 0.3) is 0 Å². The summed E-state index contributed by atoms with van der Waals surface area (Å²) in [5.74, 6) is -0.291. The van der Waals surface area contributed by atoms with Crippen molar-refractivity contribution < 1.29 is 13.2 Å². The number of hydrogen-bond donors (Lipinski definition) is 1. The van der Waals surface area contributed by atoms with Crippen LogP contribution in [0.15, 0.2) is 30.3 Å². The van der Waals surface area contributed by atoms with E-state index in [0.29, 0.717) is 6.42 Å². The van der Waals surface area contributed by atoms with Crippen molar-refractivity contribution in [3.63, 3.8) is 0 Å². The van der Waals surface area contributed by atoms with Crippen LogP contribution in [0.3, 0.4) is 0 Å². The Bertz CT molecular complexity index is 520. The van der Waals surface area contributed by atoms with Gasteiger partial charge in [-0.3, -0.25) is 4.79 Å². The molecule has 0 heterocycles. The Hall–Kier alpha value is -1.11. The Labute approximate surface area is 126 Å². The fourth-order valence-corrected chi connectivity index (χ4v) is 2.26. The Morgan fingerprint density at radius 2 is 1.85 bits per heavy atom. The lowest BCUT2D eigenvalue weighted by molar-refractivity contribution is -0.131. The minimum absolute atomic E-state index is 0. The first-order valence-electron chi connectivity index (χ1n) is 6.02. The van der Waals surface area contributed by atoms with Crippen LogP contribution in [0.5, 0.6) is 0 Å². The average Bonchev–Trinajstić information content (AvgIpc) is 2.35. The van der Waals surface area contributed by atoms with E-state index in [2.05, 4.69) is 0 Å². The minimum atomic E-state index is -3.07. The van der Waals surface area contributed by atoms with Crippen molar-refractivity contribution in [1.82, 2.24) is 4.90 Å². The summed E-state index contributed by atoms with van der Waals surface area (Å²) in [4.78, 5) is 13.3. The molecule has 0 aliphatic rings. The predicted molar refractivity (Wildman–Crippen MR) is 82.7 cm³/mol. The maximum atomic E-state index is 12.0. The number of nitrogens with zero attached hydrogens (tertiary/aromatic N) is 1. The maximum absolute atomic E-state index is 12.0. The van der Waals surface area contributed by atoms with Crippen LogP contribution in [0.4, 0.5) is 0 Å². The van der Waals surface area contributed by atoms with Gasteiger partial charge in [-0.15, -0.1) is 12.4 Å². The van der Waals surface area contributed by atoms with Crippen molar-refractivity contribution in [2.75, 3.05) is 25.6 Å². The highest BCUT2D eigenvalue weighted by Gasteiger charge is 2.19. The van der Waals surface area contributed by atoms with E-state index >= 15 is 0 Å². The van der Waals surface area contributed by atoms with Crippen molar-refractivity contribution in [2.45, 2.75) is 12.5 Å². The fraction of sp³-hybridized carbons (Fsp3) is 0.462. The van der Waals surface area contributed by atoms with Crippen molar-refractivity contribution in [3.8, 4) is 0 Å². The molecule has 1 aromatic carbocycles. The zero-order chi connectivity index (χ0) is 14.5. The summed E-state index contributed by atoms with van der Waals surface area (Å²) in [6.07, 6.45) is 1.60. The van der Waals surface area contributed by atoms with Crippen LogP contribution in [-0.2, 0) is 21.1 Å². The molecule has 1 atom stereocenters. The first-order chi connectivity index (χ1) is 8.79. The second-order valence-electron chi connectivity index (χ2n) is 4.69. The lowest BCUT2D eigenvalue weighted by atomic mass is 10.1. The molecule has 1 unspecified atom stereocenters. The van der Waals surface area contributed by atoms with Gasteiger partial charge in [-0.1, -0.05) is 30.3 Å². The zero-order valence-corrected chi connectivity index (χ0v) is 13.3. The third-order valence-corrected chi connectivity index (χ3v) is 3.71. The molecule has 0 aromatic heterocycles. The number of sulfone groups is 1. The highest BCUT2D eigenvalue weighted by atomic mass is 35.5. The molecule has 0 bridgehead atoms. The van der Waals surface area contributed by atoms with E-state index in [1.165, 1.54) is 4.90 Å². The Kier molecular flexibility index (Phi) is 7.78. The smallest absolute Gasteiger partial charge is 0.239 e. The van der Waals surface area contributed by atoms with E-state index < -0.39 is 15.9 Å². The summed E-state index contributed by atoms with van der Waals surface area (Å²) in [6.45, 7) is 0.167. The van der Waals surface area contributed by atoms with Gasteiger partial charge in [0.15, 0.2) is 0 Å². The number of benzene rings is 1. The highest BCUT2D eigenvalue weighted by molar-refractivity contribution is 7.90. The van der Waals surface area contributed by atoms with Gasteiger partial charge in [0.05, 0.1) is 11.8 Å². The standard InChI is InChI=1S/C13H20N2O3S.ClH/c1-15(8-9-19(2,17)18)13(16)12(14)10-11-6-4-3-5-7-11;/h3-7,12H,8-10,14H2,1-2H3;1H. The highest BCUT2D eigenvalue weighted by Crippen LogP contribution is 2.04. The first-order valence-corrected chi connectivity index (χ1v) is 8.08. The van der Waals surface area contributed by atoms with Crippen LogP contribution in [0.2, 0.25) is 0 Å². The normalized spacial score (nSPS) is 12.3. The van der Waals surface area contributed by atoms with E-state index in [9.17, 15) is 13.2 Å². The number of carbonyl (C=O) groups is 1. The van der Waals surface area contributed by atoms with Gasteiger partial charge >= 0.3 is 0 Å². The topological polar surface area (TPSA) is 80.5 Å². The fourth-order valence-electron chi connectivity index (χ4n) is 1.65. The molecular weight excluding hydrogens is 300 g/mol. The molecule has 5 nitrogen and oxygen atoms in total. The summed E-state index contributed by atoms with van der Waals surface area (Å²) in [5.41, 5.74) is 6.83. The summed E-state index contributed by atoms with van der Waals surface area (Å²) in [7, 11) is -1.50. The Balaban J connectivity index is 0.00000361. The van der Waals surface area contributed by atoms with Gasteiger partial charge in [-0.2, -0.15) is 0 Å². The van der Waals surface area contributed by atoms with Crippen LogP contribution in [0.1, 0.15) is 5.56 Å². The van der Waals surface area contributed by atoms with Gasteiger partial charge in [-0.05, 0) is 12.0 Å². The lowest BCUT2D eigenvalue weighted by Gasteiger charge is -2.21. The molecule has 2 N–H and O–H groups in total. The number of likely N-dealkylation sites (N-methyl/N-ethyl adjacent to an activating group) is 1. The Morgan fingerprint density at radius 1 is 1.30 bits per heavy atom. The molecule has 0 aliphatic heterocycles. The van der Waals surface area contributed by atoms with Crippen LogP contribution in [0, 0.1) is 0 Å². The molecule has 0 spiro atoms. The molecular formula is C13H21ClN2O3S. The van der Waals surface area contributed by atoms with E-state index in [0.717, 1.165) is 11.8 Å². The summed E-state index contributed by atoms with van der Waals surface area (Å²) in [6, 6.07) is 8.84. The quantitative estimate of drug-likeness (QED) is 0.826. The molecule has 0 saturated heterocycles. The molecule has 1 rings (SSSR count). The van der Waals surface area contributed by atoms with Crippen molar-refractivity contribution >= 4 is 28.2 Å². The molecule has 1 amide bonds. The SMILES string of the molecule is CN(CCS(C)(=O)=O)C(=O)C(N)Cc1ccccc1.Cl. The average molecular weight is 321 g/mol. The van der Waals surface area contributed by atoms with E-state index in [-0.39, 0.29) is 30.6 Å². The molecule has 7 heteroatoms. The van der Waals surface area contributed by atoms with Crippen LogP contribution < -0.4 is 5.73 Å². The second kappa shape index (κ2) is 8.24. The molecule has 0 radical (unpaired) electrons. The van der Waals surface area contributed by atoms with Gasteiger partial charge < -0.3 is 10.6 Å². The number of nitrogens with two attached hydrogens (primary N) is 1. The second-order valence-corrected chi connectivity index (χ2v) is 6.95. The molecule has 0 aliphatic carbocycles. The number of hydrogen-bond acceptors (Lipinski definition) is 4. The van der Waals surface area contributed by atoms with Crippen LogP contribution >= 0.6 is 12.4 Å². The zero-order valence-electron chi connectivity index (χ0n) is 11.7. The minimum Gasteiger partial charge on any atom is -0.343 e. The van der Waals surface area contributed by atoms with E-state index in [1.807, 2.05) is 30.3 Å². The van der Waals surface area contributed by atoms with Crippen LogP contribution in [-0.4, -0.2) is 50.9 Å². The molecule has 20 heavy (non-hydrogen) atoms. The first kappa shape index (κ1) is 18.9. The molecule has 1 aromatic rings. The number of carbonyl (C=O) groups excluding carboxylic acids is 1. The Morgan fingerprint density at radius 3 is 2.35 bits per heavy atom. The van der Waals surface area contributed by atoms with E-state index in [1.54, 1.807) is 7.05 Å². The predicted octanol–water partition coefficient (Wildman–Crippen LogP) is 0.481. The molecule has 0 fully saturated rings. The summed E-state index contributed by atoms with van der Waals surface area (Å²) in [5, 5.41) is 0. The lowest BCUT2D eigenvalue weighted by Crippen LogP contribution is -2.44. The monoisotopic (exact) mass is 320 g/mol. The van der Waals surface area contributed by atoms with Gasteiger partial charge in [0, 0.05) is 19.8 Å².